The van der Waals surface area contributed by atoms with E-state index in [1.165, 1.54) is 25.9 Å². The Kier molecular flexibility index (Phi) is 3.23. The van der Waals surface area contributed by atoms with Gasteiger partial charge in [-0.15, -0.1) is 0 Å². The van der Waals surface area contributed by atoms with Crippen LogP contribution in [0.15, 0.2) is 0 Å². The molecule has 4 saturated carbocycles. The van der Waals surface area contributed by atoms with E-state index in [0.29, 0.717) is 5.54 Å². The zero-order valence-electron chi connectivity index (χ0n) is 11.8. The molecule has 1 nitrogen and oxygen atoms in total. The summed E-state index contributed by atoms with van der Waals surface area (Å²) in [4.78, 5) is 2.90. The molecule has 0 atom stereocenters. The summed E-state index contributed by atoms with van der Waals surface area (Å²) in [5, 5.41) is 0. The third-order valence-corrected chi connectivity index (χ3v) is 5.66. The predicted octanol–water partition coefficient (Wildman–Crippen LogP) is 4.08. The van der Waals surface area contributed by atoms with Gasteiger partial charge in [0.05, 0.1) is 0 Å². The van der Waals surface area contributed by atoms with Gasteiger partial charge >= 0.3 is 0 Å². The molecule has 0 unspecified atom stereocenters. The van der Waals surface area contributed by atoms with Crippen molar-refractivity contribution in [1.29, 1.82) is 0 Å². The van der Waals surface area contributed by atoms with Crippen molar-refractivity contribution < 1.29 is 0 Å². The summed E-state index contributed by atoms with van der Waals surface area (Å²) in [7, 11) is 0. The first-order valence-electron chi connectivity index (χ1n) is 8.01. The van der Waals surface area contributed by atoms with Gasteiger partial charge in [0, 0.05) is 5.54 Å². The van der Waals surface area contributed by atoms with Gasteiger partial charge in [-0.3, -0.25) is 4.90 Å². The minimum absolute atomic E-state index is 0.654. The molecule has 4 fully saturated rings. The van der Waals surface area contributed by atoms with E-state index in [4.69, 9.17) is 0 Å². The maximum atomic E-state index is 2.90. The van der Waals surface area contributed by atoms with Crippen LogP contribution in [0.2, 0.25) is 0 Å². The zero-order chi connectivity index (χ0) is 11.9. The molecule has 0 saturated heterocycles. The highest BCUT2D eigenvalue weighted by molar-refractivity contribution is 5.07. The zero-order valence-corrected chi connectivity index (χ0v) is 11.8. The second-order valence-electron chi connectivity index (χ2n) is 7.13. The second-order valence-corrected chi connectivity index (χ2v) is 7.13. The highest BCUT2D eigenvalue weighted by atomic mass is 15.2. The molecule has 0 radical (unpaired) electrons. The van der Waals surface area contributed by atoms with Crippen molar-refractivity contribution in [1.82, 2.24) is 4.90 Å². The van der Waals surface area contributed by atoms with Gasteiger partial charge in [0.1, 0.15) is 0 Å². The third kappa shape index (κ3) is 2.05. The van der Waals surface area contributed by atoms with Gasteiger partial charge < -0.3 is 0 Å². The second kappa shape index (κ2) is 4.57. The van der Waals surface area contributed by atoms with Gasteiger partial charge in [0.15, 0.2) is 0 Å². The summed E-state index contributed by atoms with van der Waals surface area (Å²) >= 11 is 0. The van der Waals surface area contributed by atoms with E-state index in [0.717, 1.165) is 17.8 Å². The van der Waals surface area contributed by atoms with E-state index in [-0.39, 0.29) is 0 Å². The quantitative estimate of drug-likeness (QED) is 0.694. The Morgan fingerprint density at radius 1 is 0.824 bits per heavy atom. The van der Waals surface area contributed by atoms with Crippen molar-refractivity contribution in [2.45, 2.75) is 70.8 Å². The third-order valence-electron chi connectivity index (χ3n) is 5.66. The Balaban J connectivity index is 1.79. The topological polar surface area (TPSA) is 3.24 Å². The normalized spacial score (nSPS) is 43.6. The van der Waals surface area contributed by atoms with Crippen LogP contribution in [-0.2, 0) is 0 Å². The molecular weight excluding hydrogens is 206 g/mol. The largest absolute Gasteiger partial charge is 0.298 e. The van der Waals surface area contributed by atoms with Crippen LogP contribution in [0.5, 0.6) is 0 Å². The van der Waals surface area contributed by atoms with E-state index in [9.17, 15) is 0 Å². The van der Waals surface area contributed by atoms with Gasteiger partial charge in [-0.25, -0.2) is 0 Å². The lowest BCUT2D eigenvalue weighted by Crippen LogP contribution is -2.60. The maximum Gasteiger partial charge on any atom is 0.0217 e. The van der Waals surface area contributed by atoms with Gasteiger partial charge in [0.2, 0.25) is 0 Å². The average Bonchev–Trinajstić information content (AvgIpc) is 2.27. The lowest BCUT2D eigenvalue weighted by Gasteiger charge is -2.60. The molecule has 4 bridgehead atoms. The van der Waals surface area contributed by atoms with Gasteiger partial charge in [-0.05, 0) is 82.2 Å². The van der Waals surface area contributed by atoms with Gasteiger partial charge in [-0.2, -0.15) is 0 Å². The van der Waals surface area contributed by atoms with Crippen LogP contribution < -0.4 is 0 Å². The Morgan fingerprint density at radius 3 is 1.59 bits per heavy atom. The molecule has 98 valence electrons. The molecule has 0 heterocycles. The first-order valence-corrected chi connectivity index (χ1v) is 8.01. The van der Waals surface area contributed by atoms with Crippen molar-refractivity contribution in [2.24, 2.45) is 17.8 Å². The Hall–Kier alpha value is -0.0400. The minimum Gasteiger partial charge on any atom is -0.298 e. The molecule has 0 aromatic carbocycles. The lowest BCUT2D eigenvalue weighted by atomic mass is 9.52. The molecule has 0 aliphatic heterocycles. The molecule has 0 N–H and O–H groups in total. The minimum atomic E-state index is 0.654. The van der Waals surface area contributed by atoms with Crippen molar-refractivity contribution in [3.63, 3.8) is 0 Å². The van der Waals surface area contributed by atoms with E-state index in [2.05, 4.69) is 18.7 Å². The van der Waals surface area contributed by atoms with E-state index < -0.39 is 0 Å². The van der Waals surface area contributed by atoms with Gasteiger partial charge in [0.25, 0.3) is 0 Å². The van der Waals surface area contributed by atoms with Crippen LogP contribution in [0, 0.1) is 17.8 Å². The van der Waals surface area contributed by atoms with Crippen molar-refractivity contribution in [3.8, 4) is 0 Å². The summed E-state index contributed by atoms with van der Waals surface area (Å²) < 4.78 is 0. The molecular formula is C16H29N. The number of rotatable bonds is 5. The van der Waals surface area contributed by atoms with Crippen LogP contribution in [0.4, 0.5) is 0 Å². The first kappa shape index (κ1) is 12.0. The molecule has 1 heteroatoms. The standard InChI is InChI=1S/C16H29N/c1-3-5-17(6-4-2)16-10-13-7-14(11-16)9-15(8-13)12-16/h13-15H,3-12H2,1-2H3. The fourth-order valence-electron chi connectivity index (χ4n) is 5.58. The van der Waals surface area contributed by atoms with Crippen LogP contribution >= 0.6 is 0 Å². The highest BCUT2D eigenvalue weighted by Crippen LogP contribution is 2.57. The van der Waals surface area contributed by atoms with Crippen LogP contribution in [0.3, 0.4) is 0 Å². The van der Waals surface area contributed by atoms with Gasteiger partial charge in [-0.1, -0.05) is 13.8 Å². The fraction of sp³-hybridized carbons (Fsp3) is 1.00. The summed E-state index contributed by atoms with van der Waals surface area (Å²) in [5.41, 5.74) is 0.654. The molecule has 0 aromatic rings. The molecule has 0 spiro atoms. The van der Waals surface area contributed by atoms with Crippen molar-refractivity contribution in [3.05, 3.63) is 0 Å². The SMILES string of the molecule is CCCN(CCC)C12CC3CC(CC(C3)C1)C2. The summed E-state index contributed by atoms with van der Waals surface area (Å²) in [5.74, 6) is 3.28. The number of hydrogen-bond acceptors (Lipinski definition) is 1. The molecule has 0 amide bonds. The summed E-state index contributed by atoms with van der Waals surface area (Å²) in [6, 6.07) is 0. The monoisotopic (exact) mass is 235 g/mol. The molecule has 0 aromatic heterocycles. The molecule has 4 aliphatic carbocycles. The number of hydrogen-bond donors (Lipinski definition) is 0. The predicted molar refractivity (Wildman–Crippen MR) is 73.1 cm³/mol. The van der Waals surface area contributed by atoms with E-state index >= 15 is 0 Å². The van der Waals surface area contributed by atoms with E-state index in [1.807, 2.05) is 0 Å². The smallest absolute Gasteiger partial charge is 0.0217 e. The average molecular weight is 235 g/mol. The van der Waals surface area contributed by atoms with Crippen LogP contribution in [-0.4, -0.2) is 23.5 Å². The lowest BCUT2D eigenvalue weighted by molar-refractivity contribution is -0.0887. The molecule has 17 heavy (non-hydrogen) atoms. The maximum absolute atomic E-state index is 2.90. The molecule has 4 aliphatic rings. The van der Waals surface area contributed by atoms with Crippen LogP contribution in [0.25, 0.3) is 0 Å². The summed E-state index contributed by atoms with van der Waals surface area (Å²) in [6.45, 7) is 7.40. The Morgan fingerprint density at radius 2 is 1.24 bits per heavy atom. The van der Waals surface area contributed by atoms with Crippen molar-refractivity contribution in [2.75, 3.05) is 13.1 Å². The van der Waals surface area contributed by atoms with Crippen molar-refractivity contribution >= 4 is 0 Å². The first-order chi connectivity index (χ1) is 8.25. The van der Waals surface area contributed by atoms with Crippen LogP contribution in [0.1, 0.15) is 65.2 Å². The fourth-order valence-corrected chi connectivity index (χ4v) is 5.58. The molecule has 4 rings (SSSR count). The highest BCUT2D eigenvalue weighted by Gasteiger charge is 2.52. The summed E-state index contributed by atoms with van der Waals surface area (Å²) in [6.07, 6.45) is 12.0. The Labute approximate surface area is 107 Å². The number of nitrogens with zero attached hydrogens (tertiary/aromatic N) is 1. The van der Waals surface area contributed by atoms with E-state index in [1.54, 1.807) is 38.5 Å². The Bertz CT molecular complexity index is 229.